The predicted octanol–water partition coefficient (Wildman–Crippen LogP) is 16.7. The van der Waals surface area contributed by atoms with Crippen LogP contribution in [0.1, 0.15) is 18.4 Å². The average molecular weight is 795 g/mol. The molecule has 0 saturated heterocycles. The summed E-state index contributed by atoms with van der Waals surface area (Å²) >= 11 is 0. The Bertz CT molecular complexity index is 2920. The zero-order valence-corrected chi connectivity index (χ0v) is 34.6. The molecule has 0 fully saturated rings. The zero-order chi connectivity index (χ0) is 41.5. The summed E-state index contributed by atoms with van der Waals surface area (Å²) in [7, 11) is 0. The fourth-order valence-corrected chi connectivity index (χ4v) is 8.54. The summed E-state index contributed by atoms with van der Waals surface area (Å²) in [5, 5.41) is 0. The van der Waals surface area contributed by atoms with E-state index in [0.717, 1.165) is 41.3 Å². The van der Waals surface area contributed by atoms with Gasteiger partial charge in [-0.05, 0) is 135 Å². The van der Waals surface area contributed by atoms with Crippen molar-refractivity contribution < 1.29 is 0 Å². The first kappa shape index (κ1) is 38.3. The number of rotatable bonds is 11. The van der Waals surface area contributed by atoms with Crippen LogP contribution in [0.3, 0.4) is 0 Å². The molecule has 0 spiro atoms. The Morgan fingerprint density at radius 2 is 0.484 bits per heavy atom. The summed E-state index contributed by atoms with van der Waals surface area (Å²) in [4.78, 5) is 4.74. The van der Waals surface area contributed by atoms with Gasteiger partial charge in [-0.3, -0.25) is 0 Å². The van der Waals surface area contributed by atoms with Crippen LogP contribution in [0.4, 0.5) is 28.4 Å². The third kappa shape index (κ3) is 8.28. The zero-order valence-electron chi connectivity index (χ0n) is 34.6. The van der Waals surface area contributed by atoms with E-state index >= 15 is 0 Å². The van der Waals surface area contributed by atoms with Crippen LogP contribution >= 0.6 is 0 Å². The number of nitrogens with zero attached hydrogens (tertiary/aromatic N) is 2. The number of benzene rings is 9. The van der Waals surface area contributed by atoms with Crippen molar-refractivity contribution in [3.8, 4) is 44.5 Å². The normalized spacial score (nSPS) is 12.3. The third-order valence-corrected chi connectivity index (χ3v) is 11.8. The summed E-state index contributed by atoms with van der Waals surface area (Å²) < 4.78 is 0. The second-order valence-corrected chi connectivity index (χ2v) is 15.7. The summed E-state index contributed by atoms with van der Waals surface area (Å²) in [5.74, 6) is 0. The monoisotopic (exact) mass is 794 g/mol. The van der Waals surface area contributed by atoms with Crippen LogP contribution in [0.25, 0.3) is 50.1 Å². The Balaban J connectivity index is 0.919. The molecule has 0 atom stereocenters. The Hall–Kier alpha value is -7.94. The molecule has 0 N–H and O–H groups in total. The molecule has 0 radical (unpaired) electrons. The molecule has 296 valence electrons. The fourth-order valence-electron chi connectivity index (χ4n) is 8.54. The molecule has 0 bridgehead atoms. The van der Waals surface area contributed by atoms with Crippen molar-refractivity contribution in [2.45, 2.75) is 12.8 Å². The van der Waals surface area contributed by atoms with Crippen molar-refractivity contribution in [3.63, 3.8) is 0 Å². The van der Waals surface area contributed by atoms with E-state index in [1.807, 2.05) is 0 Å². The maximum atomic E-state index is 2.42. The molecule has 1 aliphatic carbocycles. The van der Waals surface area contributed by atoms with Crippen molar-refractivity contribution >= 4 is 34.0 Å². The molecule has 0 heterocycles. The minimum Gasteiger partial charge on any atom is -0.314 e. The van der Waals surface area contributed by atoms with Crippen molar-refractivity contribution in [2.75, 3.05) is 9.80 Å². The van der Waals surface area contributed by atoms with Gasteiger partial charge in [0.25, 0.3) is 0 Å². The summed E-state index contributed by atoms with van der Waals surface area (Å²) in [6.07, 6.45) is 6.55. The second-order valence-electron chi connectivity index (χ2n) is 15.7. The minimum atomic E-state index is 0.951. The highest BCUT2D eigenvalue weighted by atomic mass is 15.2. The van der Waals surface area contributed by atoms with Crippen molar-refractivity contribution in [1.82, 2.24) is 0 Å². The SMILES string of the molecule is C1=C(c2ccccc2)CCC(N(c2ccc(-c3ccccc3)cc2)c2ccc(-c3ccc(N(c4ccccc4)c4ccc(-c5ccc(-c6ccccc6)cc5)cc4)cc3)cc2)=C1. The Labute approximate surface area is 365 Å². The third-order valence-electron chi connectivity index (χ3n) is 11.8. The van der Waals surface area contributed by atoms with Gasteiger partial charge in [0.15, 0.2) is 0 Å². The van der Waals surface area contributed by atoms with Gasteiger partial charge in [0, 0.05) is 34.1 Å². The Morgan fingerprint density at radius 3 is 0.823 bits per heavy atom. The molecule has 2 nitrogen and oxygen atoms in total. The van der Waals surface area contributed by atoms with Gasteiger partial charge in [0.2, 0.25) is 0 Å². The Kier molecular flexibility index (Phi) is 10.9. The highest BCUT2D eigenvalue weighted by Gasteiger charge is 2.19. The van der Waals surface area contributed by atoms with Gasteiger partial charge in [-0.25, -0.2) is 0 Å². The van der Waals surface area contributed by atoms with Crippen LogP contribution in [0, 0.1) is 0 Å². The average Bonchev–Trinajstić information content (AvgIpc) is 3.36. The summed E-state index contributed by atoms with van der Waals surface area (Å²) in [5.41, 5.74) is 19.2. The lowest BCUT2D eigenvalue weighted by Crippen LogP contribution is -2.17. The van der Waals surface area contributed by atoms with E-state index < -0.39 is 0 Å². The molecule has 0 amide bonds. The van der Waals surface area contributed by atoms with Gasteiger partial charge in [-0.2, -0.15) is 0 Å². The van der Waals surface area contributed by atoms with E-state index in [4.69, 9.17) is 0 Å². The number of anilines is 5. The van der Waals surface area contributed by atoms with Gasteiger partial charge in [-0.15, -0.1) is 0 Å². The van der Waals surface area contributed by atoms with E-state index in [9.17, 15) is 0 Å². The first-order valence-electron chi connectivity index (χ1n) is 21.5. The van der Waals surface area contributed by atoms with Gasteiger partial charge >= 0.3 is 0 Å². The summed E-state index contributed by atoms with van der Waals surface area (Å²) in [6.45, 7) is 0. The minimum absolute atomic E-state index is 0.951. The van der Waals surface area contributed by atoms with Crippen LogP contribution < -0.4 is 9.80 Å². The number of hydrogen-bond acceptors (Lipinski definition) is 2. The van der Waals surface area contributed by atoms with Crippen molar-refractivity contribution in [1.29, 1.82) is 0 Å². The largest absolute Gasteiger partial charge is 0.314 e. The molecule has 9 aromatic carbocycles. The van der Waals surface area contributed by atoms with E-state index in [1.165, 1.54) is 61.3 Å². The van der Waals surface area contributed by atoms with E-state index in [1.54, 1.807) is 0 Å². The first-order chi connectivity index (χ1) is 30.7. The second kappa shape index (κ2) is 17.7. The molecule has 9 aromatic rings. The molecule has 0 aliphatic heterocycles. The number of hydrogen-bond donors (Lipinski definition) is 0. The molecule has 0 aromatic heterocycles. The van der Waals surface area contributed by atoms with Crippen LogP contribution in [0.15, 0.2) is 261 Å². The lowest BCUT2D eigenvalue weighted by molar-refractivity contribution is 0.930. The van der Waals surface area contributed by atoms with E-state index in [-0.39, 0.29) is 0 Å². The quantitative estimate of drug-likeness (QED) is 0.129. The van der Waals surface area contributed by atoms with Crippen LogP contribution in [-0.4, -0.2) is 0 Å². The molecule has 0 saturated carbocycles. The Morgan fingerprint density at radius 1 is 0.210 bits per heavy atom. The van der Waals surface area contributed by atoms with Crippen molar-refractivity contribution in [2.24, 2.45) is 0 Å². The molecule has 2 heteroatoms. The smallest absolute Gasteiger partial charge is 0.0462 e. The maximum absolute atomic E-state index is 2.42. The lowest BCUT2D eigenvalue weighted by Gasteiger charge is -2.30. The van der Waals surface area contributed by atoms with E-state index in [2.05, 4.69) is 265 Å². The van der Waals surface area contributed by atoms with Gasteiger partial charge in [0.05, 0.1) is 0 Å². The molecule has 1 aliphatic rings. The maximum Gasteiger partial charge on any atom is 0.0462 e. The van der Waals surface area contributed by atoms with Crippen LogP contribution in [0.5, 0.6) is 0 Å². The number of para-hydroxylation sites is 1. The topological polar surface area (TPSA) is 6.48 Å². The van der Waals surface area contributed by atoms with Gasteiger partial charge in [-0.1, -0.05) is 188 Å². The van der Waals surface area contributed by atoms with Gasteiger partial charge in [0.1, 0.15) is 0 Å². The van der Waals surface area contributed by atoms with Crippen molar-refractivity contribution in [3.05, 3.63) is 266 Å². The standard InChI is InChI=1S/C60H46N2/c1-5-13-45(14-6-1)48-21-23-49(24-22-48)52-29-39-56(40-30-52)61(55-19-11-4-12-20-55)57-41-31-53(32-42-57)54-33-43-60(44-34-54)62(58-35-25-50(26-36-58)46-15-7-2-8-16-46)59-37-27-51(28-38-59)47-17-9-3-10-18-47/h1-27,29-37,39-44H,28,38H2. The first-order valence-corrected chi connectivity index (χ1v) is 21.5. The highest BCUT2D eigenvalue weighted by molar-refractivity contribution is 5.82. The predicted molar refractivity (Wildman–Crippen MR) is 263 cm³/mol. The molecular weight excluding hydrogens is 749 g/mol. The molecular formula is C60H46N2. The van der Waals surface area contributed by atoms with Gasteiger partial charge < -0.3 is 9.80 Å². The number of allylic oxidation sites excluding steroid dienone is 4. The molecule has 10 rings (SSSR count). The lowest BCUT2D eigenvalue weighted by atomic mass is 9.95. The highest BCUT2D eigenvalue weighted by Crippen LogP contribution is 2.40. The van der Waals surface area contributed by atoms with Crippen LogP contribution in [-0.2, 0) is 0 Å². The van der Waals surface area contributed by atoms with E-state index in [0.29, 0.717) is 0 Å². The molecule has 62 heavy (non-hydrogen) atoms. The fraction of sp³-hybridized carbons (Fsp3) is 0.0333. The molecule has 0 unspecified atom stereocenters. The summed E-state index contributed by atoms with van der Waals surface area (Å²) in [6, 6.07) is 87.2. The van der Waals surface area contributed by atoms with Crippen LogP contribution in [0.2, 0.25) is 0 Å².